The first kappa shape index (κ1) is 17.9. The molecule has 0 bridgehead atoms. The predicted molar refractivity (Wildman–Crippen MR) is 83.6 cm³/mol. The lowest BCUT2D eigenvalue weighted by molar-refractivity contribution is -0.384. The average Bonchev–Trinajstić information content (AvgIpc) is 2.60. The fourth-order valence-electron chi connectivity index (χ4n) is 2.04. The van der Waals surface area contributed by atoms with E-state index in [2.05, 4.69) is 10.6 Å². The fourth-order valence-corrected chi connectivity index (χ4v) is 2.04. The van der Waals surface area contributed by atoms with Crippen LogP contribution < -0.4 is 10.6 Å². The summed E-state index contributed by atoms with van der Waals surface area (Å²) in [4.78, 5) is 45.4. The molecule has 1 aliphatic heterocycles. The monoisotopic (exact) mass is 349 g/mol. The maximum Gasteiger partial charge on any atom is 0.338 e. The zero-order valence-electron chi connectivity index (χ0n) is 13.2. The number of urea groups is 1. The molecular formula is C15H15N3O7. The number of nitrogens with zero attached hydrogens (tertiary/aromatic N) is 1. The molecule has 0 aromatic heterocycles. The fraction of sp³-hybridized carbons (Fsp3) is 0.267. The number of esters is 2. The molecule has 1 heterocycles. The Bertz CT molecular complexity index is 757. The number of carbonyl (C=O) groups excluding carboxylic acids is 3. The summed E-state index contributed by atoms with van der Waals surface area (Å²) in [6, 6.07) is 4.48. The van der Waals surface area contributed by atoms with E-state index in [1.807, 2.05) is 0 Å². The molecule has 1 aromatic rings. The third kappa shape index (κ3) is 4.53. The van der Waals surface area contributed by atoms with E-state index in [9.17, 15) is 24.5 Å². The lowest BCUT2D eigenvalue weighted by Crippen LogP contribution is -2.45. The Morgan fingerprint density at radius 3 is 2.72 bits per heavy atom. The van der Waals surface area contributed by atoms with Gasteiger partial charge in [0.1, 0.15) is 6.61 Å². The van der Waals surface area contributed by atoms with E-state index < -0.39 is 22.9 Å². The molecule has 0 saturated carbocycles. The van der Waals surface area contributed by atoms with Crippen molar-refractivity contribution in [2.24, 2.45) is 0 Å². The standard InChI is InChI=1S/C15H15N3O7/c1-2-24-14(20)11-7-16-15(21)17-12(11)8-25-13(19)9-4-3-5-10(6-9)18(22)23/h3-6H,2,7-8H2,1H3,(H2,16,17,21). The summed E-state index contributed by atoms with van der Waals surface area (Å²) < 4.78 is 9.92. The van der Waals surface area contributed by atoms with Crippen LogP contribution in [0.4, 0.5) is 10.5 Å². The van der Waals surface area contributed by atoms with E-state index in [0.29, 0.717) is 0 Å². The first-order chi connectivity index (χ1) is 11.9. The van der Waals surface area contributed by atoms with Crippen molar-refractivity contribution in [2.45, 2.75) is 6.92 Å². The van der Waals surface area contributed by atoms with Gasteiger partial charge in [0.15, 0.2) is 0 Å². The first-order valence-electron chi connectivity index (χ1n) is 7.28. The molecule has 0 aliphatic carbocycles. The number of amides is 2. The van der Waals surface area contributed by atoms with Gasteiger partial charge in [0, 0.05) is 12.1 Å². The second-order valence-corrected chi connectivity index (χ2v) is 4.87. The van der Waals surface area contributed by atoms with Crippen molar-refractivity contribution < 1.29 is 28.8 Å². The van der Waals surface area contributed by atoms with Gasteiger partial charge in [0.25, 0.3) is 5.69 Å². The van der Waals surface area contributed by atoms with Crippen LogP contribution in [0.1, 0.15) is 17.3 Å². The number of hydrogen-bond donors (Lipinski definition) is 2. The van der Waals surface area contributed by atoms with E-state index in [4.69, 9.17) is 9.47 Å². The number of rotatable bonds is 6. The Morgan fingerprint density at radius 1 is 1.28 bits per heavy atom. The van der Waals surface area contributed by atoms with Crippen LogP contribution in [0, 0.1) is 10.1 Å². The molecule has 0 unspecified atom stereocenters. The minimum absolute atomic E-state index is 0.0206. The van der Waals surface area contributed by atoms with Crippen molar-refractivity contribution in [3.8, 4) is 0 Å². The Balaban J connectivity index is 2.12. The SMILES string of the molecule is CCOC(=O)C1=C(COC(=O)c2cccc([N+](=O)[O-])c2)NC(=O)NC1. The van der Waals surface area contributed by atoms with Crippen LogP contribution in [0.5, 0.6) is 0 Å². The largest absolute Gasteiger partial charge is 0.463 e. The molecule has 0 radical (unpaired) electrons. The third-order valence-electron chi connectivity index (χ3n) is 3.22. The van der Waals surface area contributed by atoms with Gasteiger partial charge in [-0.05, 0) is 13.0 Å². The molecule has 0 atom stereocenters. The molecule has 0 saturated heterocycles. The van der Waals surface area contributed by atoms with Gasteiger partial charge in [-0.25, -0.2) is 14.4 Å². The quantitative estimate of drug-likeness (QED) is 0.442. The van der Waals surface area contributed by atoms with E-state index >= 15 is 0 Å². The van der Waals surface area contributed by atoms with E-state index in [1.165, 1.54) is 18.2 Å². The highest BCUT2D eigenvalue weighted by Gasteiger charge is 2.24. The van der Waals surface area contributed by atoms with Crippen LogP contribution >= 0.6 is 0 Å². The predicted octanol–water partition coefficient (Wildman–Crippen LogP) is 0.882. The van der Waals surface area contributed by atoms with Crippen LogP contribution in [0.2, 0.25) is 0 Å². The average molecular weight is 349 g/mol. The van der Waals surface area contributed by atoms with E-state index in [1.54, 1.807) is 6.92 Å². The number of non-ortho nitro benzene ring substituents is 1. The van der Waals surface area contributed by atoms with Crippen molar-refractivity contribution in [1.82, 2.24) is 10.6 Å². The molecule has 132 valence electrons. The smallest absolute Gasteiger partial charge is 0.338 e. The van der Waals surface area contributed by atoms with Crippen molar-refractivity contribution in [1.29, 1.82) is 0 Å². The van der Waals surface area contributed by atoms with Crippen molar-refractivity contribution in [3.63, 3.8) is 0 Å². The summed E-state index contributed by atoms with van der Waals surface area (Å²) in [5, 5.41) is 15.5. The van der Waals surface area contributed by atoms with Gasteiger partial charge in [-0.2, -0.15) is 0 Å². The van der Waals surface area contributed by atoms with Crippen LogP contribution in [0.3, 0.4) is 0 Å². The molecule has 2 N–H and O–H groups in total. The van der Waals surface area contributed by atoms with Gasteiger partial charge in [-0.3, -0.25) is 10.1 Å². The summed E-state index contributed by atoms with van der Waals surface area (Å²) in [6.45, 7) is 1.34. The zero-order valence-corrected chi connectivity index (χ0v) is 13.2. The molecule has 2 amide bonds. The Hall–Kier alpha value is -3.43. The van der Waals surface area contributed by atoms with E-state index in [0.717, 1.165) is 6.07 Å². The molecule has 0 fully saturated rings. The minimum atomic E-state index is -0.827. The molecule has 2 rings (SSSR count). The van der Waals surface area contributed by atoms with Gasteiger partial charge in [-0.15, -0.1) is 0 Å². The lowest BCUT2D eigenvalue weighted by atomic mass is 10.1. The molecule has 1 aromatic carbocycles. The third-order valence-corrected chi connectivity index (χ3v) is 3.22. The summed E-state index contributed by atoms with van der Waals surface area (Å²) in [5.41, 5.74) is -0.0435. The number of nitro benzene ring substituents is 1. The summed E-state index contributed by atoms with van der Waals surface area (Å²) >= 11 is 0. The highest BCUT2D eigenvalue weighted by molar-refractivity contribution is 5.94. The van der Waals surface area contributed by atoms with Gasteiger partial charge in [0.05, 0.1) is 34.9 Å². The normalized spacial score (nSPS) is 13.6. The maximum absolute atomic E-state index is 12.0. The number of benzene rings is 1. The highest BCUT2D eigenvalue weighted by atomic mass is 16.6. The highest BCUT2D eigenvalue weighted by Crippen LogP contribution is 2.15. The second-order valence-electron chi connectivity index (χ2n) is 4.87. The van der Waals surface area contributed by atoms with Crippen LogP contribution in [0.15, 0.2) is 35.5 Å². The van der Waals surface area contributed by atoms with Crippen molar-refractivity contribution in [3.05, 3.63) is 51.2 Å². The van der Waals surface area contributed by atoms with Crippen LogP contribution in [0.25, 0.3) is 0 Å². The molecule has 25 heavy (non-hydrogen) atoms. The van der Waals surface area contributed by atoms with Crippen LogP contribution in [-0.2, 0) is 14.3 Å². The molecule has 1 aliphatic rings. The summed E-state index contributed by atoms with van der Waals surface area (Å²) in [7, 11) is 0. The van der Waals surface area contributed by atoms with Crippen LogP contribution in [-0.4, -0.2) is 42.7 Å². The number of nitro groups is 1. The number of carbonyl (C=O) groups is 3. The summed E-state index contributed by atoms with van der Waals surface area (Å²) in [6.07, 6.45) is 0. The Kier molecular flexibility index (Phi) is 5.66. The number of nitrogens with one attached hydrogen (secondary N) is 2. The summed E-state index contributed by atoms with van der Waals surface area (Å²) in [5.74, 6) is -1.47. The molecule has 10 heteroatoms. The number of ether oxygens (including phenoxy) is 2. The zero-order chi connectivity index (χ0) is 18.4. The van der Waals surface area contributed by atoms with Crippen molar-refractivity contribution >= 4 is 23.7 Å². The molecule has 0 spiro atoms. The van der Waals surface area contributed by atoms with Gasteiger partial charge < -0.3 is 20.1 Å². The molecular weight excluding hydrogens is 334 g/mol. The maximum atomic E-state index is 12.0. The van der Waals surface area contributed by atoms with Gasteiger partial charge >= 0.3 is 18.0 Å². The topological polar surface area (TPSA) is 137 Å². The van der Waals surface area contributed by atoms with Gasteiger partial charge in [0.2, 0.25) is 0 Å². The Morgan fingerprint density at radius 2 is 2.04 bits per heavy atom. The second kappa shape index (κ2) is 7.90. The minimum Gasteiger partial charge on any atom is -0.463 e. The molecule has 10 nitrogen and oxygen atoms in total. The van der Waals surface area contributed by atoms with E-state index in [-0.39, 0.29) is 42.3 Å². The van der Waals surface area contributed by atoms with Gasteiger partial charge in [-0.1, -0.05) is 6.07 Å². The lowest BCUT2D eigenvalue weighted by Gasteiger charge is -2.21. The first-order valence-corrected chi connectivity index (χ1v) is 7.28. The van der Waals surface area contributed by atoms with Crippen molar-refractivity contribution in [2.75, 3.05) is 19.8 Å². The Labute approximate surface area is 141 Å². The number of hydrogen-bond acceptors (Lipinski definition) is 7.